The van der Waals surface area contributed by atoms with Crippen LogP contribution in [0.25, 0.3) is 6.08 Å². The summed E-state index contributed by atoms with van der Waals surface area (Å²) >= 11 is 0. The molecule has 1 amide bonds. The maximum Gasteiger partial charge on any atom is 0.337 e. The molecule has 0 saturated carbocycles. The van der Waals surface area contributed by atoms with E-state index in [1.54, 1.807) is 0 Å². The molecule has 0 aliphatic rings. The van der Waals surface area contributed by atoms with Crippen LogP contribution in [0.5, 0.6) is 5.75 Å². The summed E-state index contributed by atoms with van der Waals surface area (Å²) in [5, 5.41) is 9.45. The standard InChI is InChI=1S/C11H11NO4/c1-16-11(15)8-2-4-9(13)7(6-8)3-5-10(12)14/h2-6,13H,1H3,(H2,12,14)/b5-3+. The molecule has 0 bridgehead atoms. The Morgan fingerprint density at radius 2 is 2.12 bits per heavy atom. The zero-order chi connectivity index (χ0) is 12.1. The Morgan fingerprint density at radius 1 is 1.44 bits per heavy atom. The Hall–Kier alpha value is -2.30. The van der Waals surface area contributed by atoms with Gasteiger partial charge < -0.3 is 15.6 Å². The lowest BCUT2D eigenvalue weighted by Gasteiger charge is -2.02. The van der Waals surface area contributed by atoms with Crippen LogP contribution in [0.3, 0.4) is 0 Å². The molecule has 0 unspecified atom stereocenters. The van der Waals surface area contributed by atoms with Crippen LogP contribution >= 0.6 is 0 Å². The number of ether oxygens (including phenoxy) is 1. The van der Waals surface area contributed by atoms with Gasteiger partial charge in [-0.15, -0.1) is 0 Å². The molecule has 0 aromatic heterocycles. The van der Waals surface area contributed by atoms with E-state index in [2.05, 4.69) is 4.74 Å². The number of amides is 1. The Labute approximate surface area is 92.1 Å². The second kappa shape index (κ2) is 4.97. The van der Waals surface area contributed by atoms with Crippen LogP contribution in [0.1, 0.15) is 15.9 Å². The minimum absolute atomic E-state index is 0.0508. The number of phenolic OH excluding ortho intramolecular Hbond substituents is 1. The van der Waals surface area contributed by atoms with Crippen LogP contribution in [0.15, 0.2) is 24.3 Å². The number of carbonyl (C=O) groups is 2. The fourth-order valence-electron chi connectivity index (χ4n) is 1.10. The monoisotopic (exact) mass is 221 g/mol. The van der Waals surface area contributed by atoms with Crippen molar-refractivity contribution < 1.29 is 19.4 Å². The number of primary amides is 1. The third-order valence-electron chi connectivity index (χ3n) is 1.88. The van der Waals surface area contributed by atoms with Crippen LogP contribution < -0.4 is 5.73 Å². The minimum Gasteiger partial charge on any atom is -0.507 e. The summed E-state index contributed by atoms with van der Waals surface area (Å²) in [6.45, 7) is 0. The Bertz CT molecular complexity index is 451. The molecule has 0 heterocycles. The highest BCUT2D eigenvalue weighted by molar-refractivity contribution is 5.93. The average Bonchev–Trinajstić information content (AvgIpc) is 2.26. The molecule has 0 spiro atoms. The number of esters is 1. The van der Waals surface area contributed by atoms with E-state index in [0.717, 1.165) is 6.08 Å². The van der Waals surface area contributed by atoms with E-state index in [0.29, 0.717) is 5.56 Å². The highest BCUT2D eigenvalue weighted by atomic mass is 16.5. The molecule has 16 heavy (non-hydrogen) atoms. The van der Waals surface area contributed by atoms with Crippen molar-refractivity contribution >= 4 is 18.0 Å². The van der Waals surface area contributed by atoms with E-state index in [4.69, 9.17) is 5.73 Å². The van der Waals surface area contributed by atoms with Crippen LogP contribution in [-0.2, 0) is 9.53 Å². The number of hydrogen-bond donors (Lipinski definition) is 2. The summed E-state index contributed by atoms with van der Waals surface area (Å²) in [6, 6.07) is 4.16. The van der Waals surface area contributed by atoms with Gasteiger partial charge >= 0.3 is 5.97 Å². The maximum absolute atomic E-state index is 11.2. The van der Waals surface area contributed by atoms with E-state index in [1.165, 1.54) is 31.4 Å². The lowest BCUT2D eigenvalue weighted by atomic mass is 10.1. The Kier molecular flexibility index (Phi) is 3.66. The van der Waals surface area contributed by atoms with Crippen molar-refractivity contribution in [2.75, 3.05) is 7.11 Å². The molecule has 1 aromatic rings. The number of methoxy groups -OCH3 is 1. The number of nitrogens with two attached hydrogens (primary N) is 1. The van der Waals surface area contributed by atoms with Gasteiger partial charge in [-0.2, -0.15) is 0 Å². The molecule has 1 aromatic carbocycles. The first kappa shape index (κ1) is 11.8. The molecule has 0 atom stereocenters. The lowest BCUT2D eigenvalue weighted by Crippen LogP contribution is -2.05. The number of hydrogen-bond acceptors (Lipinski definition) is 4. The van der Waals surface area contributed by atoms with E-state index in [1.807, 2.05) is 0 Å². The number of rotatable bonds is 3. The topological polar surface area (TPSA) is 89.6 Å². The SMILES string of the molecule is COC(=O)c1ccc(O)c(/C=C/C(N)=O)c1. The molecule has 0 radical (unpaired) electrons. The average molecular weight is 221 g/mol. The number of carbonyl (C=O) groups excluding carboxylic acids is 2. The number of benzene rings is 1. The molecular formula is C11H11NO4. The van der Waals surface area contributed by atoms with Gasteiger partial charge in [-0.1, -0.05) is 0 Å². The zero-order valence-electron chi connectivity index (χ0n) is 8.64. The predicted octanol–water partition coefficient (Wildman–Crippen LogP) is 0.677. The van der Waals surface area contributed by atoms with Gasteiger partial charge in [0, 0.05) is 11.6 Å². The van der Waals surface area contributed by atoms with E-state index in [9.17, 15) is 14.7 Å². The van der Waals surface area contributed by atoms with Crippen LogP contribution in [0.4, 0.5) is 0 Å². The highest BCUT2D eigenvalue weighted by Crippen LogP contribution is 2.20. The first-order chi connectivity index (χ1) is 7.54. The van der Waals surface area contributed by atoms with Gasteiger partial charge in [0.25, 0.3) is 0 Å². The van der Waals surface area contributed by atoms with Crippen LogP contribution in [0.2, 0.25) is 0 Å². The Morgan fingerprint density at radius 3 is 2.69 bits per heavy atom. The minimum atomic E-state index is -0.636. The molecule has 1 rings (SSSR count). The second-order valence-corrected chi connectivity index (χ2v) is 3.00. The van der Waals surface area contributed by atoms with Crippen molar-refractivity contribution in [1.29, 1.82) is 0 Å². The smallest absolute Gasteiger partial charge is 0.337 e. The normalized spacial score (nSPS) is 10.3. The van der Waals surface area contributed by atoms with E-state index in [-0.39, 0.29) is 11.3 Å². The van der Waals surface area contributed by atoms with Gasteiger partial charge in [-0.3, -0.25) is 4.79 Å². The van der Waals surface area contributed by atoms with Crippen molar-refractivity contribution in [3.8, 4) is 5.75 Å². The van der Waals surface area contributed by atoms with Gasteiger partial charge in [-0.05, 0) is 24.3 Å². The predicted molar refractivity (Wildman–Crippen MR) is 57.7 cm³/mol. The molecule has 5 nitrogen and oxygen atoms in total. The molecule has 3 N–H and O–H groups in total. The first-order valence-corrected chi connectivity index (χ1v) is 4.43. The highest BCUT2D eigenvalue weighted by Gasteiger charge is 2.07. The number of aromatic hydroxyl groups is 1. The third kappa shape index (κ3) is 2.84. The van der Waals surface area contributed by atoms with Crippen molar-refractivity contribution in [3.63, 3.8) is 0 Å². The largest absolute Gasteiger partial charge is 0.507 e. The summed E-state index contributed by atoms with van der Waals surface area (Å²) in [5.41, 5.74) is 5.52. The molecule has 0 fully saturated rings. The van der Waals surface area contributed by atoms with Crippen molar-refractivity contribution in [1.82, 2.24) is 0 Å². The zero-order valence-corrected chi connectivity index (χ0v) is 8.64. The fourth-order valence-corrected chi connectivity index (χ4v) is 1.10. The summed E-state index contributed by atoms with van der Waals surface area (Å²) < 4.78 is 4.52. The van der Waals surface area contributed by atoms with Gasteiger partial charge in [0.05, 0.1) is 12.7 Å². The third-order valence-corrected chi connectivity index (χ3v) is 1.88. The quantitative estimate of drug-likeness (QED) is 0.580. The van der Waals surface area contributed by atoms with Gasteiger partial charge in [0.2, 0.25) is 5.91 Å². The first-order valence-electron chi connectivity index (χ1n) is 4.43. The summed E-state index contributed by atoms with van der Waals surface area (Å²) in [5.74, 6) is -1.21. The second-order valence-electron chi connectivity index (χ2n) is 3.00. The van der Waals surface area contributed by atoms with E-state index >= 15 is 0 Å². The van der Waals surface area contributed by atoms with Crippen molar-refractivity contribution in [2.45, 2.75) is 0 Å². The van der Waals surface area contributed by atoms with Crippen LogP contribution in [0, 0.1) is 0 Å². The molecule has 5 heteroatoms. The molecule has 0 saturated heterocycles. The van der Waals surface area contributed by atoms with Crippen molar-refractivity contribution in [3.05, 3.63) is 35.4 Å². The van der Waals surface area contributed by atoms with Gasteiger partial charge in [0.1, 0.15) is 5.75 Å². The van der Waals surface area contributed by atoms with Crippen LogP contribution in [-0.4, -0.2) is 24.1 Å². The molecular weight excluding hydrogens is 210 g/mol. The number of phenols is 1. The molecule has 0 aliphatic heterocycles. The Balaban J connectivity index is 3.08. The van der Waals surface area contributed by atoms with E-state index < -0.39 is 11.9 Å². The van der Waals surface area contributed by atoms with Gasteiger partial charge in [-0.25, -0.2) is 4.79 Å². The lowest BCUT2D eigenvalue weighted by molar-refractivity contribution is -0.113. The summed E-state index contributed by atoms with van der Waals surface area (Å²) in [7, 11) is 1.26. The fraction of sp³-hybridized carbons (Fsp3) is 0.0909. The molecule has 0 aliphatic carbocycles. The molecule has 84 valence electrons. The maximum atomic E-state index is 11.2. The van der Waals surface area contributed by atoms with Gasteiger partial charge in [0.15, 0.2) is 0 Å². The summed E-state index contributed by atoms with van der Waals surface area (Å²) in [6.07, 6.45) is 2.42. The summed E-state index contributed by atoms with van der Waals surface area (Å²) in [4.78, 5) is 21.7. The van der Waals surface area contributed by atoms with Crippen molar-refractivity contribution in [2.24, 2.45) is 5.73 Å².